The Hall–Kier alpha value is -3.89. The zero-order valence-electron chi connectivity index (χ0n) is 15.6. The van der Waals surface area contributed by atoms with Gasteiger partial charge in [-0.25, -0.2) is 0 Å². The van der Waals surface area contributed by atoms with Gasteiger partial charge in [0, 0.05) is 11.1 Å². The molecule has 4 N–H and O–H groups in total. The molecule has 0 saturated carbocycles. The van der Waals surface area contributed by atoms with Gasteiger partial charge in [-0.3, -0.25) is 9.78 Å². The second-order valence-corrected chi connectivity index (χ2v) is 7.54. The maximum Gasteiger partial charge on any atom is 0.268 e. The van der Waals surface area contributed by atoms with Gasteiger partial charge in [0.05, 0.1) is 23.1 Å². The van der Waals surface area contributed by atoms with Crippen molar-refractivity contribution in [2.24, 2.45) is 0 Å². The van der Waals surface area contributed by atoms with Crippen LogP contribution in [0.4, 0.5) is 22.1 Å². The first-order valence-corrected chi connectivity index (χ1v) is 9.69. The summed E-state index contributed by atoms with van der Waals surface area (Å²) < 4.78 is 0. The third kappa shape index (κ3) is 3.74. The van der Waals surface area contributed by atoms with Crippen molar-refractivity contribution in [3.63, 3.8) is 0 Å². The molecule has 0 unspecified atom stereocenters. The number of benzene rings is 2. The molecule has 2 aromatic heterocycles. The number of aromatic nitrogens is 1. The molecule has 0 bridgehead atoms. The van der Waals surface area contributed by atoms with Crippen molar-refractivity contribution in [2.45, 2.75) is 6.92 Å². The number of para-hydroxylation sites is 1. The van der Waals surface area contributed by atoms with E-state index in [1.54, 1.807) is 6.20 Å². The monoisotopic (exact) mass is 399 g/mol. The van der Waals surface area contributed by atoms with Gasteiger partial charge in [0.25, 0.3) is 5.91 Å². The molecule has 2 heterocycles. The molecule has 4 aromatic rings. The normalized spacial score (nSPS) is 10.5. The van der Waals surface area contributed by atoms with E-state index < -0.39 is 0 Å². The summed E-state index contributed by atoms with van der Waals surface area (Å²) in [6.07, 6.45) is 1.60. The molecule has 29 heavy (non-hydrogen) atoms. The Morgan fingerprint density at radius 3 is 2.66 bits per heavy atom. The minimum atomic E-state index is -0.377. The van der Waals surface area contributed by atoms with Gasteiger partial charge in [-0.1, -0.05) is 35.9 Å². The van der Waals surface area contributed by atoms with E-state index in [9.17, 15) is 10.1 Å². The summed E-state index contributed by atoms with van der Waals surface area (Å²) in [6.45, 7) is 2.00. The van der Waals surface area contributed by atoms with Crippen molar-refractivity contribution < 1.29 is 4.79 Å². The summed E-state index contributed by atoms with van der Waals surface area (Å²) in [5, 5.41) is 17.0. The van der Waals surface area contributed by atoms with Gasteiger partial charge in [0.15, 0.2) is 0 Å². The number of nitrogen functional groups attached to an aromatic ring is 1. The molecule has 0 fully saturated rings. The Morgan fingerprint density at radius 2 is 1.90 bits per heavy atom. The number of rotatable bonds is 4. The third-order valence-corrected chi connectivity index (χ3v) is 5.54. The highest BCUT2D eigenvalue weighted by Crippen LogP contribution is 2.37. The summed E-state index contributed by atoms with van der Waals surface area (Å²) in [4.78, 5) is 17.4. The fourth-order valence-corrected chi connectivity index (χ4v) is 3.89. The number of amides is 1. The Bertz CT molecular complexity index is 1250. The first-order chi connectivity index (χ1) is 14.0. The zero-order chi connectivity index (χ0) is 20.4. The van der Waals surface area contributed by atoms with Gasteiger partial charge in [-0.15, -0.1) is 11.3 Å². The van der Waals surface area contributed by atoms with Crippen molar-refractivity contribution in [1.29, 1.82) is 5.26 Å². The molecule has 0 aliphatic rings. The molecule has 0 aliphatic carbocycles. The van der Waals surface area contributed by atoms with Gasteiger partial charge < -0.3 is 16.4 Å². The number of thiophene rings is 1. The van der Waals surface area contributed by atoms with Crippen LogP contribution < -0.4 is 16.4 Å². The quantitative estimate of drug-likeness (QED) is 0.445. The van der Waals surface area contributed by atoms with Gasteiger partial charge >= 0.3 is 0 Å². The SMILES string of the molecule is Cc1ccc(Nc2sc(C(=O)Nc3cnc4ccccc4c3)c(N)c2C#N)cc1. The van der Waals surface area contributed by atoms with Gasteiger partial charge in [-0.2, -0.15) is 5.26 Å². The molecule has 0 aliphatic heterocycles. The number of nitrogens with zero attached hydrogens (tertiary/aromatic N) is 2. The fraction of sp³-hybridized carbons (Fsp3) is 0.0455. The zero-order valence-corrected chi connectivity index (χ0v) is 16.4. The lowest BCUT2D eigenvalue weighted by molar-refractivity contribution is 0.103. The van der Waals surface area contributed by atoms with Crippen LogP contribution in [0.5, 0.6) is 0 Å². The van der Waals surface area contributed by atoms with Gasteiger partial charge in [-0.05, 0) is 31.2 Å². The topological polar surface area (TPSA) is 104 Å². The summed E-state index contributed by atoms with van der Waals surface area (Å²) in [5.41, 5.74) is 9.89. The van der Waals surface area contributed by atoms with Crippen LogP contribution in [0.1, 0.15) is 20.8 Å². The van der Waals surface area contributed by atoms with Crippen LogP contribution >= 0.6 is 11.3 Å². The number of aryl methyl sites for hydroxylation is 1. The fourth-order valence-electron chi connectivity index (χ4n) is 2.91. The third-order valence-electron chi connectivity index (χ3n) is 4.42. The first-order valence-electron chi connectivity index (χ1n) is 8.87. The molecule has 7 heteroatoms. The van der Waals surface area contributed by atoms with Crippen molar-refractivity contribution >= 4 is 50.2 Å². The summed E-state index contributed by atoms with van der Waals surface area (Å²) in [6, 6.07) is 19.3. The Labute approximate surface area is 171 Å². The minimum Gasteiger partial charge on any atom is -0.396 e. The Kier molecular flexibility index (Phi) is 4.85. The number of hydrogen-bond donors (Lipinski definition) is 3. The summed E-state index contributed by atoms with van der Waals surface area (Å²) in [7, 11) is 0. The van der Waals surface area contributed by atoms with E-state index >= 15 is 0 Å². The average Bonchev–Trinajstić information content (AvgIpc) is 3.04. The summed E-state index contributed by atoms with van der Waals surface area (Å²) in [5.74, 6) is -0.377. The summed E-state index contributed by atoms with van der Waals surface area (Å²) >= 11 is 1.15. The lowest BCUT2D eigenvalue weighted by Crippen LogP contribution is -2.12. The van der Waals surface area contributed by atoms with Crippen molar-refractivity contribution in [1.82, 2.24) is 4.98 Å². The van der Waals surface area contributed by atoms with Crippen LogP contribution in [0.2, 0.25) is 0 Å². The number of hydrogen-bond acceptors (Lipinski definition) is 6. The van der Waals surface area contributed by atoms with Crippen LogP contribution in [-0.2, 0) is 0 Å². The predicted molar refractivity (Wildman–Crippen MR) is 118 cm³/mol. The second-order valence-electron chi connectivity index (χ2n) is 6.52. The van der Waals surface area contributed by atoms with Crippen LogP contribution in [0.25, 0.3) is 10.9 Å². The number of nitrogens with one attached hydrogen (secondary N) is 2. The molecule has 1 amide bonds. The number of fused-ring (bicyclic) bond motifs is 1. The highest BCUT2D eigenvalue weighted by atomic mass is 32.1. The van der Waals surface area contributed by atoms with Gasteiger partial charge in [0.2, 0.25) is 0 Å². The van der Waals surface area contributed by atoms with E-state index in [1.165, 1.54) is 0 Å². The van der Waals surface area contributed by atoms with Crippen molar-refractivity contribution in [3.05, 3.63) is 76.8 Å². The number of pyridine rings is 1. The van der Waals surface area contributed by atoms with E-state index in [0.29, 0.717) is 10.7 Å². The Balaban J connectivity index is 1.61. The van der Waals surface area contributed by atoms with Crippen molar-refractivity contribution in [2.75, 3.05) is 16.4 Å². The van der Waals surface area contributed by atoms with E-state index in [1.807, 2.05) is 61.5 Å². The maximum absolute atomic E-state index is 12.8. The highest BCUT2D eigenvalue weighted by Gasteiger charge is 2.21. The number of carbonyl (C=O) groups is 1. The van der Waals surface area contributed by atoms with E-state index in [0.717, 1.165) is 33.5 Å². The lowest BCUT2D eigenvalue weighted by atomic mass is 10.2. The maximum atomic E-state index is 12.8. The Morgan fingerprint density at radius 1 is 1.14 bits per heavy atom. The number of nitriles is 1. The number of anilines is 4. The molecule has 0 radical (unpaired) electrons. The van der Waals surface area contributed by atoms with Crippen LogP contribution in [-0.4, -0.2) is 10.9 Å². The predicted octanol–water partition coefficient (Wildman–Crippen LogP) is 5.05. The standard InChI is InChI=1S/C22H17N5OS/c1-13-6-8-15(9-7-13)27-22-17(11-23)19(24)20(29-22)21(28)26-16-10-14-4-2-3-5-18(14)25-12-16/h2-10,12,27H,24H2,1H3,(H,26,28). The first kappa shape index (κ1) is 18.5. The average molecular weight is 399 g/mol. The number of nitrogens with two attached hydrogens (primary N) is 1. The van der Waals surface area contributed by atoms with Crippen molar-refractivity contribution in [3.8, 4) is 6.07 Å². The van der Waals surface area contributed by atoms with Crippen LogP contribution in [0, 0.1) is 18.3 Å². The molecule has 6 nitrogen and oxygen atoms in total. The van der Waals surface area contributed by atoms with Crippen LogP contribution in [0.15, 0.2) is 60.8 Å². The molecule has 0 atom stereocenters. The molecular formula is C22H17N5OS. The van der Waals surface area contributed by atoms with Gasteiger partial charge in [0.1, 0.15) is 21.5 Å². The van der Waals surface area contributed by atoms with E-state index in [2.05, 4.69) is 21.7 Å². The van der Waals surface area contributed by atoms with E-state index in [-0.39, 0.29) is 22.0 Å². The molecule has 142 valence electrons. The minimum absolute atomic E-state index is 0.165. The molecular weight excluding hydrogens is 382 g/mol. The molecule has 0 saturated heterocycles. The van der Waals surface area contributed by atoms with E-state index in [4.69, 9.17) is 5.73 Å². The molecule has 2 aromatic carbocycles. The molecule has 0 spiro atoms. The lowest BCUT2D eigenvalue weighted by Gasteiger charge is -2.05. The number of carbonyl (C=O) groups excluding carboxylic acids is 1. The second kappa shape index (κ2) is 7.62. The smallest absolute Gasteiger partial charge is 0.268 e. The van der Waals surface area contributed by atoms with Crippen LogP contribution in [0.3, 0.4) is 0 Å². The largest absolute Gasteiger partial charge is 0.396 e. The highest BCUT2D eigenvalue weighted by molar-refractivity contribution is 7.19. The molecule has 4 rings (SSSR count).